The molecule has 4 aromatic rings. The van der Waals surface area contributed by atoms with Gasteiger partial charge in [0.25, 0.3) is 0 Å². The number of carbonyl (C=O) groups is 18. The lowest BCUT2D eigenvalue weighted by Crippen LogP contribution is -2.61. The van der Waals surface area contributed by atoms with E-state index >= 15 is 33.6 Å². The molecule has 1 aliphatic heterocycles. The molecule has 0 bridgehead atoms. The summed E-state index contributed by atoms with van der Waals surface area (Å²) < 4.78 is 0. The first-order valence-corrected chi connectivity index (χ1v) is 49.3. The molecular weight excluding hydrogens is 1940 g/mol. The SMILES string of the molecule is CC(=O)N[C@@H](CCCNC(N)=O)C(=O)N[C@@H](CCCNC(=N)N)C(=O)N[C@@H](Cc1ccc2ccccc2c1)C(=O)N[C@@H](CS)C(=O)N[C@@H](Cc1ccc(O)cc1)C(=O)N[C@@H](CCCNC(N)=O)C(=O)N[C@@H](CCCCN)C(=O)N[C@H](CCCCN)C(=O)N1CCC[C@H]1C(=O)N[C@@H](Cc1ccc(O)cc1)C(=O)N[C@@H](CCCNC(=N)N)C(=O)N[C@@H](CCCNC(N)=O)C(=O)N[C@@H](CS)C(=O)N[C@@H](CCCNC(=N)N)C(N)=O. The molecule has 14 atom stereocenters. The number of hydrogen-bond donors (Lipinski definition) is 35. The number of phenols is 2. The number of thiol groups is 2. The number of carbonyl (C=O) groups excluding carboxylic acids is 18. The Labute approximate surface area is 855 Å². The zero-order chi connectivity index (χ0) is 108. The van der Waals surface area contributed by atoms with E-state index in [-0.39, 0.29) is 217 Å². The lowest BCUT2D eigenvalue weighted by molar-refractivity contribution is -0.142. The Morgan fingerprint density at radius 1 is 0.336 bits per heavy atom. The van der Waals surface area contributed by atoms with Gasteiger partial charge in [-0.2, -0.15) is 25.3 Å². The highest BCUT2D eigenvalue weighted by molar-refractivity contribution is 7.80. The van der Waals surface area contributed by atoms with Crippen LogP contribution in [0.2, 0.25) is 0 Å². The first-order valence-electron chi connectivity index (χ1n) is 48.0. The van der Waals surface area contributed by atoms with Gasteiger partial charge >= 0.3 is 18.1 Å². The number of phenolic OH excluding ortho intramolecular Hbond substituents is 2. The van der Waals surface area contributed by atoms with Crippen LogP contribution in [-0.4, -0.2) is 295 Å². The van der Waals surface area contributed by atoms with Crippen LogP contribution in [0.15, 0.2) is 91.0 Å². The largest absolute Gasteiger partial charge is 0.508 e. The molecule has 0 saturated carbocycles. The summed E-state index contributed by atoms with van der Waals surface area (Å²) in [6.45, 7) is 1.23. The van der Waals surface area contributed by atoms with E-state index in [1.807, 2.05) is 18.2 Å². The number of guanidine groups is 3. The third-order valence-corrected chi connectivity index (χ3v) is 24.0. The summed E-state index contributed by atoms with van der Waals surface area (Å²) in [7, 11) is 0. The van der Waals surface area contributed by atoms with E-state index in [0.717, 1.165) is 10.8 Å². The normalized spacial score (nSPS) is 14.7. The Bertz CT molecular complexity index is 5070. The number of aromatic hydroxyl groups is 2. The Balaban J connectivity index is 1.48. The molecule has 1 fully saturated rings. The summed E-state index contributed by atoms with van der Waals surface area (Å²) in [6, 6.07) is -0.178. The molecule has 52 nitrogen and oxygen atoms in total. The second-order valence-corrected chi connectivity index (χ2v) is 35.6. The number of nitrogens with two attached hydrogens (primary N) is 9. The van der Waals surface area contributed by atoms with Gasteiger partial charge in [0.1, 0.15) is 96.1 Å². The van der Waals surface area contributed by atoms with E-state index in [9.17, 15) is 63.0 Å². The molecule has 1 heterocycles. The predicted molar refractivity (Wildman–Crippen MR) is 547 cm³/mol. The van der Waals surface area contributed by atoms with Crippen molar-refractivity contribution in [2.45, 2.75) is 239 Å². The minimum Gasteiger partial charge on any atom is -0.508 e. The van der Waals surface area contributed by atoms with Crippen LogP contribution in [0.1, 0.15) is 152 Å². The fourth-order valence-electron chi connectivity index (χ4n) is 15.6. The molecule has 0 spiro atoms. The molecule has 1 aliphatic rings. The predicted octanol–water partition coefficient (Wildman–Crippen LogP) is -6.67. The highest BCUT2D eigenvalue weighted by Crippen LogP contribution is 2.24. The summed E-state index contributed by atoms with van der Waals surface area (Å²) in [4.78, 5) is 254. The standard InChI is InChI=1S/C92H144N32O20S2/c1-51(125)111-60(20-11-41-108-90(102)142)74(129)114-64(22-10-40-107-89(100)101)78(133)119-69(48-54-26-31-55-15-2-3-16-56(55)45-54)82(137)123-71(50-146)84(139)120-67(46-52-27-32-57(126)33-28-52)80(135)116-63(23-12-42-109-91(103)143)75(130)113-61(17-4-6-36-93)77(132)118-66(18-5-7-37-94)86(141)124-44-14-25-72(124)85(140)121-68(47-53-29-34-58(127)35-30-53)81(136)117-62(21-9-39-106-88(98)99)76(131)115-65(24-13-43-110-92(104)144)79(134)122-70(49-145)83(138)112-59(73(95)128)19-8-38-105-87(96)97/h2-3,15-16,26-35,45,59-72,126-127,145-146H,4-14,17-25,36-44,46-50,93-94H2,1H3,(H2,95,128)(H,111,125)(H,112,138)(H,113,130)(H,114,129)(H,115,131)(H,116,135)(H,117,136)(H,118,132)(H,119,133)(H,120,139)(H,121,140)(H,122,134)(H,123,137)(H4,96,97,105)(H4,98,99,106)(H4,100,101,107)(H3,102,108,142)(H3,103,109,143)(H3,104,110,144)/t59-,60-,61-,62-,63-,64-,65-,66+,67-,68-,69-,70-,71-,72-/m0/s1. The van der Waals surface area contributed by atoms with Crippen LogP contribution < -0.4 is 153 Å². The van der Waals surface area contributed by atoms with Crippen molar-refractivity contribution in [3.05, 3.63) is 108 Å². The number of fused-ring (bicyclic) bond motifs is 1. The van der Waals surface area contributed by atoms with Gasteiger partial charge in [0.15, 0.2) is 17.9 Å². The van der Waals surface area contributed by atoms with Crippen LogP contribution >= 0.6 is 25.3 Å². The van der Waals surface area contributed by atoms with E-state index in [2.05, 4.69) is 126 Å². The number of amides is 21. The number of likely N-dealkylation sites (tertiary alicyclic amines) is 1. The first-order chi connectivity index (χ1) is 69.5. The summed E-state index contributed by atoms with van der Waals surface area (Å²) in [6.07, 6.45) is -0.545. The van der Waals surface area contributed by atoms with Crippen LogP contribution in [0.4, 0.5) is 14.4 Å². The number of benzene rings is 4. The van der Waals surface area contributed by atoms with Crippen molar-refractivity contribution >= 4 is 161 Å². The third kappa shape index (κ3) is 45.7. The minimum absolute atomic E-state index is 0.00550. The van der Waals surface area contributed by atoms with E-state index in [4.69, 9.17) is 67.8 Å². The molecule has 0 aromatic heterocycles. The maximum absolute atomic E-state index is 15.4. The summed E-state index contributed by atoms with van der Waals surface area (Å²) >= 11 is 8.71. The molecule has 1 saturated heterocycles. The van der Waals surface area contributed by atoms with Crippen molar-refractivity contribution in [3.8, 4) is 11.5 Å². The molecule has 0 unspecified atom stereocenters. The van der Waals surface area contributed by atoms with Crippen LogP contribution in [0.25, 0.3) is 10.8 Å². The van der Waals surface area contributed by atoms with Gasteiger partial charge in [-0.3, -0.25) is 88.1 Å². The molecule has 4 aromatic carbocycles. The number of nitrogens with one attached hydrogen (secondary N) is 22. The molecule has 804 valence electrons. The van der Waals surface area contributed by atoms with Crippen LogP contribution in [0.3, 0.4) is 0 Å². The van der Waals surface area contributed by atoms with Gasteiger partial charge in [0, 0.05) is 83.5 Å². The molecule has 21 amide bonds. The second kappa shape index (κ2) is 65.3. The van der Waals surface area contributed by atoms with Gasteiger partial charge in [-0.15, -0.1) is 0 Å². The minimum atomic E-state index is -1.68. The van der Waals surface area contributed by atoms with Crippen LogP contribution in [-0.2, 0) is 91.2 Å². The fourth-order valence-corrected chi connectivity index (χ4v) is 16.2. The lowest BCUT2D eigenvalue weighted by Gasteiger charge is -2.31. The fraction of sp³-hybridized carbons (Fsp3) is 0.533. The lowest BCUT2D eigenvalue weighted by atomic mass is 10.00. The quantitative estimate of drug-likeness (QED) is 0.00846. The van der Waals surface area contributed by atoms with Crippen molar-refractivity contribution in [2.24, 2.45) is 51.6 Å². The van der Waals surface area contributed by atoms with E-state index in [1.54, 1.807) is 24.3 Å². The first kappa shape index (κ1) is 122. The zero-order valence-corrected chi connectivity index (χ0v) is 83.4. The molecule has 54 heteroatoms. The number of nitrogens with zero attached hydrogens (tertiary/aromatic N) is 1. The smallest absolute Gasteiger partial charge is 0.312 e. The summed E-state index contributed by atoms with van der Waals surface area (Å²) in [5.74, 6) is -16.2. The van der Waals surface area contributed by atoms with E-state index in [1.165, 1.54) is 60.4 Å². The van der Waals surface area contributed by atoms with Crippen LogP contribution in [0, 0.1) is 16.2 Å². The number of hydrogen-bond acceptors (Lipinski definition) is 27. The van der Waals surface area contributed by atoms with Gasteiger partial charge in [0.2, 0.25) is 88.6 Å². The number of primary amides is 4. The summed E-state index contributed by atoms with van der Waals surface area (Å²) in [5, 5.41) is 94.5. The maximum atomic E-state index is 15.4. The van der Waals surface area contributed by atoms with Crippen molar-refractivity contribution in [1.82, 2.24) is 106 Å². The third-order valence-electron chi connectivity index (χ3n) is 23.3. The highest BCUT2D eigenvalue weighted by atomic mass is 32.1. The highest BCUT2D eigenvalue weighted by Gasteiger charge is 2.42. The van der Waals surface area contributed by atoms with Gasteiger partial charge in [-0.25, -0.2) is 14.4 Å². The van der Waals surface area contributed by atoms with Gasteiger partial charge in [-0.05, 0) is 193 Å². The summed E-state index contributed by atoms with van der Waals surface area (Å²) in [5.41, 5.74) is 51.2. The van der Waals surface area contributed by atoms with E-state index in [0.29, 0.717) is 29.5 Å². The van der Waals surface area contributed by atoms with Crippen molar-refractivity contribution in [3.63, 3.8) is 0 Å². The number of rotatable bonds is 67. The second-order valence-electron chi connectivity index (χ2n) is 34.9. The van der Waals surface area contributed by atoms with Crippen molar-refractivity contribution in [2.75, 3.05) is 70.4 Å². The van der Waals surface area contributed by atoms with Gasteiger partial charge in [0.05, 0.1) is 0 Å². The Morgan fingerprint density at radius 3 is 0.959 bits per heavy atom. The molecule has 0 radical (unpaired) electrons. The number of unbranched alkanes of at least 4 members (excludes halogenated alkanes) is 2. The molecule has 146 heavy (non-hydrogen) atoms. The Morgan fingerprint density at radius 2 is 0.616 bits per heavy atom. The molecule has 42 N–H and O–H groups in total. The van der Waals surface area contributed by atoms with E-state index < -0.39 is 209 Å². The topological polar surface area (TPSA) is 885 Å². The van der Waals surface area contributed by atoms with Crippen molar-refractivity contribution in [1.29, 1.82) is 16.2 Å². The van der Waals surface area contributed by atoms with Gasteiger partial charge in [-0.1, -0.05) is 66.7 Å². The average molecular weight is 2080 g/mol. The molecule has 0 aliphatic carbocycles. The molecular formula is C92H144N32O20S2. The van der Waals surface area contributed by atoms with Crippen LogP contribution in [0.5, 0.6) is 11.5 Å². The Hall–Kier alpha value is -15.0. The monoisotopic (exact) mass is 2080 g/mol. The van der Waals surface area contributed by atoms with Gasteiger partial charge < -0.3 is 168 Å². The Kier molecular flexibility index (Phi) is 54.4. The average Bonchev–Trinajstić information content (AvgIpc) is 1.78. The molecule has 5 rings (SSSR count). The van der Waals surface area contributed by atoms with Crippen molar-refractivity contribution < 1.29 is 96.5 Å². The maximum Gasteiger partial charge on any atom is 0.312 e. The zero-order valence-electron chi connectivity index (χ0n) is 81.6. The number of urea groups is 3.